The summed E-state index contributed by atoms with van der Waals surface area (Å²) in [4.78, 5) is 66.7. The Morgan fingerprint density at radius 3 is 1.93 bits per heavy atom. The zero-order valence-electron chi connectivity index (χ0n) is 26.7. The Hall–Kier alpha value is -2.02. The molecule has 1 saturated heterocycles. The molecule has 1 heterocycles. The summed E-state index contributed by atoms with van der Waals surface area (Å²) in [6, 6.07) is 12.7. The number of hydrogen-bond donors (Lipinski definition) is 0. The zero-order chi connectivity index (χ0) is 34.7. The van der Waals surface area contributed by atoms with Crippen LogP contribution in [0.2, 0.25) is 0 Å². The second-order valence-corrected chi connectivity index (χ2v) is 16.0. The van der Waals surface area contributed by atoms with Crippen LogP contribution in [-0.2, 0) is 48.5 Å². The average Bonchev–Trinajstić information content (AvgIpc) is 3.39. The lowest BCUT2D eigenvalue weighted by molar-refractivity contribution is -0.205. The first-order chi connectivity index (χ1) is 21.3. The topological polar surface area (TPSA) is 132 Å². The minimum absolute atomic E-state index is 0.0781. The first kappa shape index (κ1) is 38.4. The van der Waals surface area contributed by atoms with Crippen molar-refractivity contribution < 1.29 is 47.7 Å². The molecule has 2 unspecified atom stereocenters. The van der Waals surface area contributed by atoms with Gasteiger partial charge in [0.15, 0.2) is 0 Å². The fourth-order valence-electron chi connectivity index (χ4n) is 4.99. The lowest BCUT2D eigenvalue weighted by Crippen LogP contribution is -2.60. The summed E-state index contributed by atoms with van der Waals surface area (Å²) >= 11 is 6.36. The first-order valence-corrected chi connectivity index (χ1v) is 17.7. The van der Waals surface area contributed by atoms with Crippen LogP contribution in [0.3, 0.4) is 0 Å². The average molecular weight is 974 g/mol. The summed E-state index contributed by atoms with van der Waals surface area (Å²) in [5.74, 6) is -3.87. The highest BCUT2D eigenvalue weighted by Crippen LogP contribution is 2.54. The van der Waals surface area contributed by atoms with E-state index in [9.17, 15) is 24.0 Å². The molecule has 2 aromatic carbocycles. The van der Waals surface area contributed by atoms with E-state index in [1.54, 1.807) is 19.9 Å². The van der Waals surface area contributed by atoms with Crippen molar-refractivity contribution in [1.29, 1.82) is 0 Å². The number of hydrogen-bond acceptors (Lipinski definition) is 10. The van der Waals surface area contributed by atoms with Gasteiger partial charge in [-0.2, -0.15) is 0 Å². The Labute approximate surface area is 309 Å². The molecule has 0 spiro atoms. The molecule has 0 saturated carbocycles. The number of benzene rings is 2. The lowest BCUT2D eigenvalue weighted by Gasteiger charge is -2.49. The highest BCUT2D eigenvalue weighted by atomic mass is 127. The molecule has 250 valence electrons. The molecule has 1 fully saturated rings. The van der Waals surface area contributed by atoms with Gasteiger partial charge in [0.05, 0.1) is 28.4 Å². The molecular formula is C33H37I3O10. The minimum Gasteiger partial charge on any atom is -0.463 e. The molecule has 0 aliphatic carbocycles. The molecule has 10 nitrogen and oxygen atoms in total. The van der Waals surface area contributed by atoms with Gasteiger partial charge in [-0.3, -0.25) is 14.4 Å². The standard InChI is InChI=1S/C33H37I3O10/c1-30(2,27(39)44-16-15-43-25(37)20-17-22(35)23(36)18-21(20)34)33(7,29(41)45-24-13-14-42-26(24)38)31(3,4)28(40)46-32(5,6)19-11-9-8-10-12-19/h8-12,17-18,24H,13-16H2,1-7H3. The Morgan fingerprint density at radius 1 is 0.783 bits per heavy atom. The summed E-state index contributed by atoms with van der Waals surface area (Å²) in [6.45, 7) is 10.3. The lowest BCUT2D eigenvalue weighted by atomic mass is 9.53. The quantitative estimate of drug-likeness (QED) is 0.0755. The normalized spacial score (nSPS) is 16.6. The van der Waals surface area contributed by atoms with Crippen molar-refractivity contribution in [2.75, 3.05) is 19.8 Å². The van der Waals surface area contributed by atoms with E-state index in [4.69, 9.17) is 23.7 Å². The number of ether oxygens (including phenoxy) is 5. The smallest absolute Gasteiger partial charge is 0.347 e. The van der Waals surface area contributed by atoms with Crippen LogP contribution in [0.5, 0.6) is 0 Å². The van der Waals surface area contributed by atoms with Crippen LogP contribution >= 0.6 is 67.8 Å². The van der Waals surface area contributed by atoms with Crippen LogP contribution in [0.25, 0.3) is 0 Å². The molecule has 0 radical (unpaired) electrons. The third kappa shape index (κ3) is 7.98. The van der Waals surface area contributed by atoms with Crippen LogP contribution in [0.1, 0.15) is 70.8 Å². The minimum atomic E-state index is -1.92. The van der Waals surface area contributed by atoms with Crippen LogP contribution in [0.4, 0.5) is 0 Å². The van der Waals surface area contributed by atoms with Gasteiger partial charge in [0, 0.05) is 17.1 Å². The van der Waals surface area contributed by atoms with Gasteiger partial charge in [0.1, 0.15) is 18.8 Å². The van der Waals surface area contributed by atoms with Gasteiger partial charge < -0.3 is 23.7 Å². The maximum absolute atomic E-state index is 14.0. The van der Waals surface area contributed by atoms with E-state index in [2.05, 4.69) is 67.8 Å². The number of rotatable bonds is 12. The van der Waals surface area contributed by atoms with Gasteiger partial charge in [0.25, 0.3) is 0 Å². The summed E-state index contributed by atoms with van der Waals surface area (Å²) in [5.41, 5.74) is -5.30. The van der Waals surface area contributed by atoms with E-state index >= 15 is 0 Å². The Morgan fingerprint density at radius 2 is 1.35 bits per heavy atom. The molecule has 0 bridgehead atoms. The molecule has 13 heteroatoms. The van der Waals surface area contributed by atoms with E-state index in [1.165, 1.54) is 34.6 Å². The second-order valence-electron chi connectivity index (χ2n) is 12.5. The second kappa shape index (κ2) is 15.0. The van der Waals surface area contributed by atoms with E-state index in [-0.39, 0.29) is 26.2 Å². The van der Waals surface area contributed by atoms with Crippen LogP contribution in [0.15, 0.2) is 42.5 Å². The van der Waals surface area contributed by atoms with E-state index in [1.807, 2.05) is 36.4 Å². The van der Waals surface area contributed by atoms with E-state index in [0.29, 0.717) is 5.56 Å². The molecule has 0 aromatic heterocycles. The first-order valence-electron chi connectivity index (χ1n) is 14.4. The molecule has 3 rings (SSSR count). The summed E-state index contributed by atoms with van der Waals surface area (Å²) in [5, 5.41) is 0. The number of carbonyl (C=O) groups excluding carboxylic acids is 5. The van der Waals surface area contributed by atoms with E-state index < -0.39 is 57.8 Å². The predicted molar refractivity (Wildman–Crippen MR) is 193 cm³/mol. The van der Waals surface area contributed by atoms with Crippen molar-refractivity contribution in [2.45, 2.75) is 66.6 Å². The Bertz CT molecular complexity index is 1500. The molecule has 0 N–H and O–H groups in total. The van der Waals surface area contributed by atoms with Crippen molar-refractivity contribution in [3.63, 3.8) is 0 Å². The molecule has 2 atom stereocenters. The molecule has 2 aromatic rings. The van der Waals surface area contributed by atoms with Gasteiger partial charge in [-0.1, -0.05) is 30.3 Å². The van der Waals surface area contributed by atoms with Crippen LogP contribution < -0.4 is 0 Å². The maximum Gasteiger partial charge on any atom is 0.347 e. The number of carbonyl (C=O) groups is 5. The van der Waals surface area contributed by atoms with Crippen molar-refractivity contribution in [2.24, 2.45) is 16.2 Å². The largest absolute Gasteiger partial charge is 0.463 e. The number of esters is 5. The third-order valence-electron chi connectivity index (χ3n) is 8.66. The van der Waals surface area contributed by atoms with Crippen LogP contribution in [0, 0.1) is 27.0 Å². The van der Waals surface area contributed by atoms with Crippen molar-refractivity contribution in [3.05, 3.63) is 64.3 Å². The fourth-order valence-corrected chi connectivity index (χ4v) is 7.21. The summed E-state index contributed by atoms with van der Waals surface area (Å²) in [6.07, 6.45) is -1.04. The highest BCUT2D eigenvalue weighted by molar-refractivity contribution is 14.1. The molecule has 0 amide bonds. The van der Waals surface area contributed by atoms with Gasteiger partial charge >= 0.3 is 29.8 Å². The van der Waals surface area contributed by atoms with E-state index in [0.717, 1.165) is 16.3 Å². The number of halogens is 3. The van der Waals surface area contributed by atoms with Crippen molar-refractivity contribution >= 4 is 97.6 Å². The fraction of sp³-hybridized carbons (Fsp3) is 0.485. The van der Waals surface area contributed by atoms with Crippen molar-refractivity contribution in [3.8, 4) is 0 Å². The molecule has 1 aliphatic rings. The Balaban J connectivity index is 1.85. The van der Waals surface area contributed by atoms with Gasteiger partial charge in [-0.05, 0) is 134 Å². The van der Waals surface area contributed by atoms with Gasteiger partial charge in [0.2, 0.25) is 6.10 Å². The zero-order valence-corrected chi connectivity index (χ0v) is 33.1. The third-order valence-corrected chi connectivity index (χ3v) is 12.4. The summed E-state index contributed by atoms with van der Waals surface area (Å²) in [7, 11) is 0. The van der Waals surface area contributed by atoms with Crippen LogP contribution in [-0.4, -0.2) is 55.8 Å². The SMILES string of the molecule is CC(C)(OC(=O)C(C)(C)C(C)(C(=O)OC1CCOC1=O)C(C)(C)C(=O)OCCOC(=O)c1cc(I)c(I)cc1I)c1ccccc1. The predicted octanol–water partition coefficient (Wildman–Crippen LogP) is 6.60. The number of cyclic esters (lactones) is 1. The maximum atomic E-state index is 14.0. The molecular weight excluding hydrogens is 937 g/mol. The molecule has 1 aliphatic heterocycles. The molecule has 46 heavy (non-hydrogen) atoms. The van der Waals surface area contributed by atoms with Gasteiger partial charge in [-0.15, -0.1) is 0 Å². The highest BCUT2D eigenvalue weighted by Gasteiger charge is 2.66. The van der Waals surface area contributed by atoms with Crippen molar-refractivity contribution in [1.82, 2.24) is 0 Å². The van der Waals surface area contributed by atoms with Gasteiger partial charge in [-0.25, -0.2) is 9.59 Å². The Kier molecular flexibility index (Phi) is 12.6. The monoisotopic (exact) mass is 974 g/mol. The summed E-state index contributed by atoms with van der Waals surface area (Å²) < 4.78 is 30.1.